The maximum atomic E-state index is 10.3. The fourth-order valence-electron chi connectivity index (χ4n) is 1.09. The molecule has 1 aliphatic rings. The van der Waals surface area contributed by atoms with Crippen molar-refractivity contribution in [1.82, 2.24) is 10.2 Å². The zero-order valence-corrected chi connectivity index (χ0v) is 9.01. The summed E-state index contributed by atoms with van der Waals surface area (Å²) < 4.78 is 0. The third-order valence-corrected chi connectivity index (χ3v) is 2.63. The highest BCUT2D eigenvalue weighted by Gasteiger charge is 2.12. The molecule has 0 atom stereocenters. The maximum absolute atomic E-state index is 10.3. The number of aliphatic carboxylic acids is 1. The van der Waals surface area contributed by atoms with Gasteiger partial charge in [-0.1, -0.05) is 18.7 Å². The molecule has 1 rings (SSSR count). The van der Waals surface area contributed by atoms with Crippen molar-refractivity contribution in [3.63, 3.8) is 0 Å². The van der Waals surface area contributed by atoms with Gasteiger partial charge in [0.2, 0.25) is 0 Å². The van der Waals surface area contributed by atoms with Crippen LogP contribution in [-0.4, -0.2) is 46.8 Å². The number of rotatable bonds is 4. The Morgan fingerprint density at radius 2 is 2.57 bits per heavy atom. The average Bonchev–Trinajstić information content (AvgIpc) is 2.17. The molecule has 5 nitrogen and oxygen atoms in total. The predicted octanol–water partition coefficient (Wildman–Crippen LogP) is 0.390. The molecule has 0 bridgehead atoms. The molecule has 0 spiro atoms. The van der Waals surface area contributed by atoms with E-state index in [0.717, 1.165) is 10.9 Å². The molecule has 2 N–H and O–H groups in total. The molecule has 0 aliphatic carbocycles. The Hall–Kier alpha value is -0.750. The van der Waals surface area contributed by atoms with Gasteiger partial charge < -0.3 is 10.4 Å². The Morgan fingerprint density at radius 1 is 1.79 bits per heavy atom. The summed E-state index contributed by atoms with van der Waals surface area (Å²) >= 11 is 1.67. The van der Waals surface area contributed by atoms with Gasteiger partial charge in [-0.05, 0) is 5.75 Å². The summed E-state index contributed by atoms with van der Waals surface area (Å²) in [5, 5.41) is 12.6. The lowest BCUT2D eigenvalue weighted by Crippen LogP contribution is -2.42. The first-order valence-corrected chi connectivity index (χ1v) is 5.56. The molecule has 14 heavy (non-hydrogen) atoms. The molecule has 80 valence electrons. The SMILES string of the molecule is CCSC1=NCN(CCC(=O)O)CN1. The third-order valence-electron chi connectivity index (χ3n) is 1.79. The number of carboxylic acid groups (broad SMARTS) is 1. The third kappa shape index (κ3) is 3.97. The Morgan fingerprint density at radius 3 is 3.07 bits per heavy atom. The van der Waals surface area contributed by atoms with E-state index < -0.39 is 5.97 Å². The number of carboxylic acids is 1. The van der Waals surface area contributed by atoms with Crippen LogP contribution in [-0.2, 0) is 4.79 Å². The number of amidine groups is 1. The van der Waals surface area contributed by atoms with Crippen LogP contribution in [0.5, 0.6) is 0 Å². The Kier molecular flexibility index (Phi) is 4.75. The molecule has 1 aliphatic heterocycles. The average molecular weight is 217 g/mol. The van der Waals surface area contributed by atoms with Crippen molar-refractivity contribution >= 4 is 22.9 Å². The van der Waals surface area contributed by atoms with Gasteiger partial charge in [0, 0.05) is 6.54 Å². The molecule has 0 saturated carbocycles. The number of aliphatic imine (C=N–C) groups is 1. The quantitative estimate of drug-likeness (QED) is 0.713. The van der Waals surface area contributed by atoms with E-state index in [0.29, 0.717) is 19.9 Å². The number of nitrogens with zero attached hydrogens (tertiary/aromatic N) is 2. The molecule has 0 aromatic heterocycles. The number of hydrogen-bond donors (Lipinski definition) is 2. The van der Waals surface area contributed by atoms with Gasteiger partial charge in [0.25, 0.3) is 0 Å². The van der Waals surface area contributed by atoms with Crippen molar-refractivity contribution in [3.05, 3.63) is 0 Å². The summed E-state index contributed by atoms with van der Waals surface area (Å²) in [5.41, 5.74) is 0. The molecule has 1 heterocycles. The molecule has 0 saturated heterocycles. The van der Waals surface area contributed by atoms with Crippen LogP contribution in [0.25, 0.3) is 0 Å². The standard InChI is InChI=1S/C8H15N3O2S/c1-2-14-8-9-5-11(6-10-8)4-3-7(12)13/h2-6H2,1H3,(H,9,10)(H,12,13). The molecular formula is C8H15N3O2S. The minimum atomic E-state index is -0.761. The van der Waals surface area contributed by atoms with E-state index in [1.807, 2.05) is 4.90 Å². The lowest BCUT2D eigenvalue weighted by Gasteiger charge is -2.25. The van der Waals surface area contributed by atoms with Crippen molar-refractivity contribution < 1.29 is 9.90 Å². The fourth-order valence-corrected chi connectivity index (χ4v) is 1.68. The van der Waals surface area contributed by atoms with Crippen LogP contribution in [0, 0.1) is 0 Å². The van der Waals surface area contributed by atoms with E-state index in [9.17, 15) is 4.79 Å². The van der Waals surface area contributed by atoms with E-state index in [-0.39, 0.29) is 6.42 Å². The monoisotopic (exact) mass is 217 g/mol. The maximum Gasteiger partial charge on any atom is 0.304 e. The second kappa shape index (κ2) is 5.87. The number of carbonyl (C=O) groups is 1. The van der Waals surface area contributed by atoms with Crippen molar-refractivity contribution in [2.45, 2.75) is 13.3 Å². The van der Waals surface area contributed by atoms with Crippen molar-refractivity contribution in [2.75, 3.05) is 25.6 Å². The number of hydrogen-bond acceptors (Lipinski definition) is 5. The topological polar surface area (TPSA) is 64.9 Å². The fraction of sp³-hybridized carbons (Fsp3) is 0.750. The van der Waals surface area contributed by atoms with E-state index in [4.69, 9.17) is 5.11 Å². The first kappa shape index (κ1) is 11.3. The predicted molar refractivity (Wildman–Crippen MR) is 57.4 cm³/mol. The zero-order valence-electron chi connectivity index (χ0n) is 8.19. The van der Waals surface area contributed by atoms with Gasteiger partial charge in [-0.2, -0.15) is 0 Å². The lowest BCUT2D eigenvalue weighted by atomic mass is 10.4. The first-order valence-electron chi connectivity index (χ1n) is 4.57. The van der Waals surface area contributed by atoms with E-state index in [1.54, 1.807) is 11.8 Å². The highest BCUT2D eigenvalue weighted by atomic mass is 32.2. The molecule has 0 radical (unpaired) electrons. The lowest BCUT2D eigenvalue weighted by molar-refractivity contribution is -0.137. The van der Waals surface area contributed by atoms with Gasteiger partial charge in [0.1, 0.15) is 0 Å². The molecule has 0 aromatic rings. The van der Waals surface area contributed by atoms with Crippen LogP contribution in [0.15, 0.2) is 4.99 Å². The summed E-state index contributed by atoms with van der Waals surface area (Å²) in [5.74, 6) is 0.240. The minimum absolute atomic E-state index is 0.174. The van der Waals surface area contributed by atoms with Gasteiger partial charge in [-0.15, -0.1) is 0 Å². The van der Waals surface area contributed by atoms with Crippen LogP contribution in [0.1, 0.15) is 13.3 Å². The van der Waals surface area contributed by atoms with Crippen LogP contribution < -0.4 is 5.32 Å². The molecule has 0 fully saturated rings. The normalized spacial score (nSPS) is 17.4. The Labute approximate surface area is 87.6 Å². The molecule has 0 amide bonds. The number of thioether (sulfide) groups is 1. The minimum Gasteiger partial charge on any atom is -0.481 e. The van der Waals surface area contributed by atoms with Crippen LogP contribution in [0.3, 0.4) is 0 Å². The number of nitrogens with one attached hydrogen (secondary N) is 1. The largest absolute Gasteiger partial charge is 0.481 e. The van der Waals surface area contributed by atoms with Gasteiger partial charge in [-0.3, -0.25) is 9.69 Å². The van der Waals surface area contributed by atoms with Crippen LogP contribution in [0.4, 0.5) is 0 Å². The molecular weight excluding hydrogens is 202 g/mol. The highest BCUT2D eigenvalue weighted by molar-refractivity contribution is 8.13. The second-order valence-corrected chi connectivity index (χ2v) is 4.16. The van der Waals surface area contributed by atoms with Crippen molar-refractivity contribution in [1.29, 1.82) is 0 Å². The molecule has 0 aromatic carbocycles. The van der Waals surface area contributed by atoms with Crippen molar-refractivity contribution in [3.8, 4) is 0 Å². The smallest absolute Gasteiger partial charge is 0.304 e. The summed E-state index contributed by atoms with van der Waals surface area (Å²) in [4.78, 5) is 16.6. The van der Waals surface area contributed by atoms with Gasteiger partial charge in [-0.25, -0.2) is 4.99 Å². The molecule has 0 unspecified atom stereocenters. The Bertz CT molecular complexity index is 233. The summed E-state index contributed by atoms with van der Waals surface area (Å²) in [7, 11) is 0. The van der Waals surface area contributed by atoms with E-state index >= 15 is 0 Å². The van der Waals surface area contributed by atoms with Gasteiger partial charge >= 0.3 is 5.97 Å². The van der Waals surface area contributed by atoms with Gasteiger partial charge in [0.05, 0.1) is 19.8 Å². The van der Waals surface area contributed by atoms with Crippen LogP contribution >= 0.6 is 11.8 Å². The summed E-state index contributed by atoms with van der Waals surface area (Å²) in [6.07, 6.45) is 0.174. The highest BCUT2D eigenvalue weighted by Crippen LogP contribution is 2.05. The van der Waals surface area contributed by atoms with Gasteiger partial charge in [0.15, 0.2) is 5.17 Å². The Balaban J connectivity index is 2.24. The first-order chi connectivity index (χ1) is 6.72. The van der Waals surface area contributed by atoms with Crippen LogP contribution in [0.2, 0.25) is 0 Å². The second-order valence-electron chi connectivity index (χ2n) is 2.91. The zero-order chi connectivity index (χ0) is 10.4. The van der Waals surface area contributed by atoms with Crippen molar-refractivity contribution in [2.24, 2.45) is 4.99 Å². The summed E-state index contributed by atoms with van der Waals surface area (Å²) in [6.45, 7) is 3.92. The van der Waals surface area contributed by atoms with E-state index in [2.05, 4.69) is 17.2 Å². The van der Waals surface area contributed by atoms with E-state index in [1.165, 1.54) is 0 Å². The summed E-state index contributed by atoms with van der Waals surface area (Å²) in [6, 6.07) is 0. The molecule has 6 heteroatoms.